The van der Waals surface area contributed by atoms with Crippen LogP contribution in [0.4, 0.5) is 0 Å². The van der Waals surface area contributed by atoms with Gasteiger partial charge in [0.25, 0.3) is 5.22 Å². The lowest BCUT2D eigenvalue weighted by Gasteiger charge is -2.22. The third kappa shape index (κ3) is 3.27. The molecule has 1 amide bonds. The molecule has 8 heteroatoms. The minimum Gasteiger partial charge on any atom is -0.431 e. The van der Waals surface area contributed by atoms with Gasteiger partial charge in [0.2, 0.25) is 5.91 Å². The Labute approximate surface area is 132 Å². The molecule has 22 heavy (non-hydrogen) atoms. The number of hydrogen-bond acceptors (Lipinski definition) is 6. The zero-order valence-electron chi connectivity index (χ0n) is 12.1. The van der Waals surface area contributed by atoms with Gasteiger partial charge < -0.3 is 9.32 Å². The largest absolute Gasteiger partial charge is 0.431 e. The number of hydrogen-bond donors (Lipinski definition) is 0. The molecule has 118 valence electrons. The Kier molecular flexibility index (Phi) is 4.14. The van der Waals surface area contributed by atoms with Gasteiger partial charge in [0.15, 0.2) is 15.4 Å². The number of carbonyl (C=O) groups excluding carboxylic acids is 1. The van der Waals surface area contributed by atoms with Crippen LogP contribution in [0.15, 0.2) is 33.9 Å². The van der Waals surface area contributed by atoms with Gasteiger partial charge in [0.05, 0.1) is 17.3 Å². The molecule has 0 radical (unpaired) electrons. The summed E-state index contributed by atoms with van der Waals surface area (Å²) in [7, 11) is -1.34. The Morgan fingerprint density at radius 1 is 1.45 bits per heavy atom. The number of rotatable bonds is 4. The summed E-state index contributed by atoms with van der Waals surface area (Å²) in [5.74, 6) is 0.283. The molecule has 1 aromatic heterocycles. The van der Waals surface area contributed by atoms with Crippen molar-refractivity contribution in [1.29, 1.82) is 0 Å². The second kappa shape index (κ2) is 5.92. The molecule has 1 atom stereocenters. The van der Waals surface area contributed by atoms with Crippen molar-refractivity contribution in [2.45, 2.75) is 17.7 Å². The van der Waals surface area contributed by atoms with Crippen LogP contribution >= 0.6 is 11.8 Å². The van der Waals surface area contributed by atoms with Crippen molar-refractivity contribution in [2.24, 2.45) is 0 Å². The number of oxazole rings is 1. The summed E-state index contributed by atoms with van der Waals surface area (Å²) in [4.78, 5) is 18.0. The first-order valence-electron chi connectivity index (χ1n) is 6.89. The van der Waals surface area contributed by atoms with E-state index in [1.807, 2.05) is 24.3 Å². The predicted molar refractivity (Wildman–Crippen MR) is 84.6 cm³/mol. The van der Waals surface area contributed by atoms with E-state index < -0.39 is 9.84 Å². The molecule has 1 aromatic carbocycles. The summed E-state index contributed by atoms with van der Waals surface area (Å²) < 4.78 is 28.5. The van der Waals surface area contributed by atoms with Crippen molar-refractivity contribution < 1.29 is 17.6 Å². The van der Waals surface area contributed by atoms with Crippen LogP contribution < -0.4 is 0 Å². The highest BCUT2D eigenvalue weighted by atomic mass is 32.2. The minimum atomic E-state index is -2.99. The minimum absolute atomic E-state index is 0.0583. The van der Waals surface area contributed by atoms with Crippen LogP contribution in [0.3, 0.4) is 0 Å². The molecule has 3 rings (SSSR count). The second-order valence-corrected chi connectivity index (χ2v) is 8.45. The summed E-state index contributed by atoms with van der Waals surface area (Å²) in [6.07, 6.45) is 0.512. The molecule has 0 spiro atoms. The van der Waals surface area contributed by atoms with Crippen LogP contribution in [0.25, 0.3) is 11.1 Å². The lowest BCUT2D eigenvalue weighted by atomic mass is 10.2. The van der Waals surface area contributed by atoms with Crippen molar-refractivity contribution in [3.63, 3.8) is 0 Å². The molecule has 2 aromatic rings. The van der Waals surface area contributed by atoms with Crippen molar-refractivity contribution in [3.8, 4) is 0 Å². The number of sulfone groups is 1. The quantitative estimate of drug-likeness (QED) is 0.786. The maximum atomic E-state index is 12.2. The number of aromatic nitrogens is 1. The fraction of sp³-hybridized carbons (Fsp3) is 0.429. The van der Waals surface area contributed by atoms with Crippen LogP contribution in [0.5, 0.6) is 0 Å². The van der Waals surface area contributed by atoms with Crippen LogP contribution in [0, 0.1) is 0 Å². The molecular formula is C14H16N2O4S2. The number of thioether (sulfide) groups is 1. The fourth-order valence-corrected chi connectivity index (χ4v) is 4.96. The molecule has 0 saturated carbocycles. The van der Waals surface area contributed by atoms with E-state index in [2.05, 4.69) is 4.98 Å². The highest BCUT2D eigenvalue weighted by Gasteiger charge is 2.32. The molecule has 1 aliphatic rings. The standard InChI is InChI=1S/C14H16N2O4S2/c1-16(10-6-7-22(18,19)9-10)13(17)8-21-14-15-11-4-2-3-5-12(11)20-14/h2-5,10H,6-9H2,1H3/t10-/m1/s1. The Balaban J connectivity index is 1.60. The Hall–Kier alpha value is -1.54. The number of carbonyl (C=O) groups is 1. The summed E-state index contributed by atoms with van der Waals surface area (Å²) in [5.41, 5.74) is 1.44. The van der Waals surface area contributed by atoms with Gasteiger partial charge in [-0.15, -0.1) is 0 Å². The van der Waals surface area contributed by atoms with Gasteiger partial charge in [-0.25, -0.2) is 13.4 Å². The molecule has 0 N–H and O–H groups in total. The van der Waals surface area contributed by atoms with Crippen molar-refractivity contribution in [2.75, 3.05) is 24.3 Å². The van der Waals surface area contributed by atoms with Gasteiger partial charge in [-0.05, 0) is 18.6 Å². The molecular weight excluding hydrogens is 324 g/mol. The van der Waals surface area contributed by atoms with Crippen LogP contribution in [0.1, 0.15) is 6.42 Å². The summed E-state index contributed by atoms with van der Waals surface area (Å²) in [6.45, 7) is 0. The van der Waals surface area contributed by atoms with Gasteiger partial charge in [-0.3, -0.25) is 4.79 Å². The molecule has 0 bridgehead atoms. The van der Waals surface area contributed by atoms with Crippen molar-refractivity contribution >= 4 is 38.6 Å². The molecule has 1 fully saturated rings. The average molecular weight is 340 g/mol. The molecule has 0 aliphatic carbocycles. The Bertz CT molecular complexity index is 767. The number of fused-ring (bicyclic) bond motifs is 1. The maximum absolute atomic E-state index is 12.2. The lowest BCUT2D eigenvalue weighted by Crippen LogP contribution is -2.38. The third-order valence-corrected chi connectivity index (χ3v) is 6.31. The van der Waals surface area contributed by atoms with E-state index in [9.17, 15) is 13.2 Å². The SMILES string of the molecule is CN(C(=O)CSc1nc2ccccc2o1)[C@@H]1CCS(=O)(=O)C1. The maximum Gasteiger partial charge on any atom is 0.257 e. The van der Waals surface area contributed by atoms with Crippen LogP contribution in [-0.4, -0.2) is 54.6 Å². The normalized spacial score (nSPS) is 20.3. The van der Waals surface area contributed by atoms with Gasteiger partial charge in [0.1, 0.15) is 5.52 Å². The zero-order chi connectivity index (χ0) is 15.7. The van der Waals surface area contributed by atoms with E-state index in [0.29, 0.717) is 17.2 Å². The third-order valence-electron chi connectivity index (χ3n) is 3.74. The zero-order valence-corrected chi connectivity index (χ0v) is 13.7. The molecule has 1 aliphatic heterocycles. The number of benzene rings is 1. The molecule has 1 saturated heterocycles. The molecule has 6 nitrogen and oxygen atoms in total. The smallest absolute Gasteiger partial charge is 0.257 e. The second-order valence-electron chi connectivity index (χ2n) is 5.30. The number of para-hydroxylation sites is 2. The predicted octanol–water partition coefficient (Wildman–Crippen LogP) is 1.57. The summed E-state index contributed by atoms with van der Waals surface area (Å²) in [5, 5.41) is 0.446. The number of nitrogens with zero attached hydrogens (tertiary/aromatic N) is 2. The van der Waals surface area contributed by atoms with E-state index in [-0.39, 0.29) is 29.2 Å². The van der Waals surface area contributed by atoms with Crippen LogP contribution in [0.2, 0.25) is 0 Å². The fourth-order valence-electron chi connectivity index (χ4n) is 2.42. The van der Waals surface area contributed by atoms with Crippen molar-refractivity contribution in [1.82, 2.24) is 9.88 Å². The summed E-state index contributed by atoms with van der Waals surface area (Å²) in [6, 6.07) is 7.19. The van der Waals surface area contributed by atoms with Crippen LogP contribution in [-0.2, 0) is 14.6 Å². The highest BCUT2D eigenvalue weighted by molar-refractivity contribution is 7.99. The van der Waals surface area contributed by atoms with Gasteiger partial charge in [-0.2, -0.15) is 0 Å². The molecule has 0 unspecified atom stereocenters. The Morgan fingerprint density at radius 2 is 2.23 bits per heavy atom. The number of amides is 1. The van der Waals surface area contributed by atoms with E-state index in [1.165, 1.54) is 16.7 Å². The van der Waals surface area contributed by atoms with E-state index in [4.69, 9.17) is 4.42 Å². The molecule has 2 heterocycles. The van der Waals surface area contributed by atoms with Gasteiger partial charge >= 0.3 is 0 Å². The van der Waals surface area contributed by atoms with Gasteiger partial charge in [0, 0.05) is 13.1 Å². The summed E-state index contributed by atoms with van der Waals surface area (Å²) >= 11 is 1.22. The van der Waals surface area contributed by atoms with Crippen molar-refractivity contribution in [3.05, 3.63) is 24.3 Å². The van der Waals surface area contributed by atoms with E-state index in [1.54, 1.807) is 7.05 Å². The topological polar surface area (TPSA) is 80.5 Å². The van der Waals surface area contributed by atoms with E-state index in [0.717, 1.165) is 5.52 Å². The first-order chi connectivity index (χ1) is 10.4. The first-order valence-corrected chi connectivity index (χ1v) is 9.70. The van der Waals surface area contributed by atoms with E-state index >= 15 is 0 Å². The lowest BCUT2D eigenvalue weighted by molar-refractivity contribution is -0.128. The van der Waals surface area contributed by atoms with Gasteiger partial charge in [-0.1, -0.05) is 23.9 Å². The monoisotopic (exact) mass is 340 g/mol. The highest BCUT2D eigenvalue weighted by Crippen LogP contribution is 2.24. The average Bonchev–Trinajstić information content (AvgIpc) is 3.06. The Morgan fingerprint density at radius 3 is 2.91 bits per heavy atom. The first kappa shape index (κ1) is 15.4.